The summed E-state index contributed by atoms with van der Waals surface area (Å²) in [5, 5.41) is 5.79. The van der Waals surface area contributed by atoms with Crippen molar-refractivity contribution in [3.63, 3.8) is 0 Å². The molecule has 2 fully saturated rings. The van der Waals surface area contributed by atoms with Gasteiger partial charge in [0.15, 0.2) is 0 Å². The van der Waals surface area contributed by atoms with Gasteiger partial charge in [-0.15, -0.1) is 0 Å². The standard InChI is InChI=1S/C17H30N4O3/c1-17(2,3)9-14(22)19-11-15(23)20-7-4-5-13(12-20)21-8-6-18-10-16(21)24/h13,18H,4-12H2,1-3H3,(H,19,22). The molecule has 0 spiro atoms. The first-order valence-corrected chi connectivity index (χ1v) is 8.81. The van der Waals surface area contributed by atoms with Crippen LogP contribution in [0.15, 0.2) is 0 Å². The van der Waals surface area contributed by atoms with Crippen molar-refractivity contribution in [2.45, 2.75) is 46.1 Å². The highest BCUT2D eigenvalue weighted by molar-refractivity contribution is 5.85. The molecule has 1 unspecified atom stereocenters. The Hall–Kier alpha value is -1.63. The molecule has 0 aromatic heterocycles. The number of piperidine rings is 1. The molecule has 0 saturated carbocycles. The first kappa shape index (κ1) is 18.7. The maximum absolute atomic E-state index is 12.4. The Morgan fingerprint density at radius 3 is 2.71 bits per heavy atom. The third-order valence-corrected chi connectivity index (χ3v) is 4.44. The zero-order chi connectivity index (χ0) is 17.7. The number of carbonyl (C=O) groups is 3. The van der Waals surface area contributed by atoms with E-state index in [-0.39, 0.29) is 35.7 Å². The maximum atomic E-state index is 12.4. The van der Waals surface area contributed by atoms with Crippen LogP contribution >= 0.6 is 0 Å². The van der Waals surface area contributed by atoms with Crippen molar-refractivity contribution < 1.29 is 14.4 Å². The minimum Gasteiger partial charge on any atom is -0.347 e. The van der Waals surface area contributed by atoms with Gasteiger partial charge in [0, 0.05) is 38.6 Å². The summed E-state index contributed by atoms with van der Waals surface area (Å²) in [5.41, 5.74) is -0.0913. The molecule has 2 heterocycles. The van der Waals surface area contributed by atoms with Crippen LogP contribution in [-0.4, -0.2) is 72.8 Å². The van der Waals surface area contributed by atoms with Gasteiger partial charge in [-0.1, -0.05) is 20.8 Å². The molecule has 3 amide bonds. The Labute approximate surface area is 144 Å². The lowest BCUT2D eigenvalue weighted by Gasteiger charge is -2.41. The Morgan fingerprint density at radius 2 is 2.04 bits per heavy atom. The summed E-state index contributed by atoms with van der Waals surface area (Å²) in [7, 11) is 0. The van der Waals surface area contributed by atoms with Crippen molar-refractivity contribution in [2.24, 2.45) is 5.41 Å². The van der Waals surface area contributed by atoms with Crippen LogP contribution < -0.4 is 10.6 Å². The fraction of sp³-hybridized carbons (Fsp3) is 0.824. The normalized spacial score (nSPS) is 22.5. The number of rotatable bonds is 4. The molecule has 0 aromatic carbocycles. The molecule has 2 rings (SSSR count). The third kappa shape index (κ3) is 5.47. The highest BCUT2D eigenvalue weighted by Gasteiger charge is 2.31. The summed E-state index contributed by atoms with van der Waals surface area (Å²) in [4.78, 5) is 39.9. The summed E-state index contributed by atoms with van der Waals surface area (Å²) >= 11 is 0. The minimum atomic E-state index is -0.0957. The zero-order valence-electron chi connectivity index (χ0n) is 15.1. The third-order valence-electron chi connectivity index (χ3n) is 4.44. The SMILES string of the molecule is CC(C)(C)CC(=O)NCC(=O)N1CCCC(N2CCNCC2=O)C1. The van der Waals surface area contributed by atoms with Gasteiger partial charge in [-0.05, 0) is 18.3 Å². The lowest BCUT2D eigenvalue weighted by Crippen LogP contribution is -2.58. The van der Waals surface area contributed by atoms with Gasteiger partial charge >= 0.3 is 0 Å². The van der Waals surface area contributed by atoms with E-state index >= 15 is 0 Å². The average molecular weight is 338 g/mol. The molecule has 2 saturated heterocycles. The lowest BCUT2D eigenvalue weighted by atomic mass is 9.92. The second-order valence-electron chi connectivity index (χ2n) is 7.91. The summed E-state index contributed by atoms with van der Waals surface area (Å²) in [6.07, 6.45) is 2.23. The molecule has 0 radical (unpaired) electrons. The number of nitrogens with one attached hydrogen (secondary N) is 2. The van der Waals surface area contributed by atoms with E-state index in [0.717, 1.165) is 19.4 Å². The first-order valence-electron chi connectivity index (χ1n) is 8.81. The average Bonchev–Trinajstić information content (AvgIpc) is 2.51. The Bertz CT molecular complexity index is 487. The zero-order valence-corrected chi connectivity index (χ0v) is 15.1. The quantitative estimate of drug-likeness (QED) is 0.754. The van der Waals surface area contributed by atoms with Crippen molar-refractivity contribution in [1.82, 2.24) is 20.4 Å². The second kappa shape index (κ2) is 7.96. The Morgan fingerprint density at radius 1 is 1.29 bits per heavy atom. The number of likely N-dealkylation sites (tertiary alicyclic amines) is 1. The van der Waals surface area contributed by atoms with Crippen LogP contribution in [0.25, 0.3) is 0 Å². The summed E-state index contributed by atoms with van der Waals surface area (Å²) in [6, 6.07) is 0.0996. The monoisotopic (exact) mass is 338 g/mol. The molecule has 24 heavy (non-hydrogen) atoms. The molecule has 0 bridgehead atoms. The molecule has 1 atom stereocenters. The first-order chi connectivity index (χ1) is 11.3. The molecular weight excluding hydrogens is 308 g/mol. The highest BCUT2D eigenvalue weighted by atomic mass is 16.2. The van der Waals surface area contributed by atoms with Gasteiger partial charge in [0.2, 0.25) is 17.7 Å². The molecule has 0 aliphatic carbocycles. The highest BCUT2D eigenvalue weighted by Crippen LogP contribution is 2.18. The number of hydrogen-bond acceptors (Lipinski definition) is 4. The maximum Gasteiger partial charge on any atom is 0.242 e. The van der Waals surface area contributed by atoms with E-state index in [2.05, 4.69) is 10.6 Å². The van der Waals surface area contributed by atoms with Gasteiger partial charge in [0.05, 0.1) is 13.1 Å². The van der Waals surface area contributed by atoms with Crippen LogP contribution in [0.3, 0.4) is 0 Å². The van der Waals surface area contributed by atoms with E-state index in [1.807, 2.05) is 25.7 Å². The van der Waals surface area contributed by atoms with Crippen LogP contribution in [0.2, 0.25) is 0 Å². The smallest absolute Gasteiger partial charge is 0.242 e. The minimum absolute atomic E-state index is 0.0388. The van der Waals surface area contributed by atoms with Gasteiger partial charge in [-0.25, -0.2) is 0 Å². The molecule has 7 heteroatoms. The summed E-state index contributed by atoms with van der Waals surface area (Å²) in [6.45, 7) is 9.18. The Kier molecular flexibility index (Phi) is 6.21. The van der Waals surface area contributed by atoms with Crippen LogP contribution in [-0.2, 0) is 14.4 Å². The number of amides is 3. The van der Waals surface area contributed by atoms with Crippen molar-refractivity contribution in [2.75, 3.05) is 39.3 Å². The van der Waals surface area contributed by atoms with Crippen molar-refractivity contribution >= 4 is 17.7 Å². The second-order valence-corrected chi connectivity index (χ2v) is 7.91. The van der Waals surface area contributed by atoms with E-state index < -0.39 is 0 Å². The molecule has 7 nitrogen and oxygen atoms in total. The molecular formula is C17H30N4O3. The fourth-order valence-electron chi connectivity index (χ4n) is 3.27. The summed E-state index contributed by atoms with van der Waals surface area (Å²) < 4.78 is 0. The number of hydrogen-bond donors (Lipinski definition) is 2. The Balaban J connectivity index is 1.82. The van der Waals surface area contributed by atoms with Gasteiger partial charge in [-0.2, -0.15) is 0 Å². The number of piperazine rings is 1. The van der Waals surface area contributed by atoms with Crippen molar-refractivity contribution in [3.05, 3.63) is 0 Å². The molecule has 2 aliphatic heterocycles. The lowest BCUT2D eigenvalue weighted by molar-refractivity contribution is -0.140. The van der Waals surface area contributed by atoms with E-state index in [4.69, 9.17) is 0 Å². The molecule has 136 valence electrons. The molecule has 0 aromatic rings. The van der Waals surface area contributed by atoms with E-state index in [0.29, 0.717) is 32.6 Å². The largest absolute Gasteiger partial charge is 0.347 e. The molecule has 2 N–H and O–H groups in total. The van der Waals surface area contributed by atoms with E-state index in [1.54, 1.807) is 4.90 Å². The summed E-state index contributed by atoms with van der Waals surface area (Å²) in [5.74, 6) is -0.0507. The van der Waals surface area contributed by atoms with Gasteiger partial charge in [0.1, 0.15) is 0 Å². The predicted octanol–water partition coefficient (Wildman–Crippen LogP) is -0.0384. The van der Waals surface area contributed by atoms with Crippen LogP contribution in [0.4, 0.5) is 0 Å². The van der Waals surface area contributed by atoms with Gasteiger partial charge in [-0.3, -0.25) is 14.4 Å². The van der Waals surface area contributed by atoms with Gasteiger partial charge < -0.3 is 20.4 Å². The predicted molar refractivity (Wildman–Crippen MR) is 91.3 cm³/mol. The topological polar surface area (TPSA) is 81.8 Å². The van der Waals surface area contributed by atoms with E-state index in [1.165, 1.54) is 0 Å². The van der Waals surface area contributed by atoms with E-state index in [9.17, 15) is 14.4 Å². The van der Waals surface area contributed by atoms with Crippen molar-refractivity contribution in [1.29, 1.82) is 0 Å². The van der Waals surface area contributed by atoms with Crippen LogP contribution in [0.5, 0.6) is 0 Å². The molecule has 2 aliphatic rings. The fourth-order valence-corrected chi connectivity index (χ4v) is 3.27. The van der Waals surface area contributed by atoms with Crippen molar-refractivity contribution in [3.8, 4) is 0 Å². The van der Waals surface area contributed by atoms with Crippen LogP contribution in [0, 0.1) is 5.41 Å². The number of nitrogens with zero attached hydrogens (tertiary/aromatic N) is 2. The van der Waals surface area contributed by atoms with Crippen LogP contribution in [0.1, 0.15) is 40.0 Å². The number of carbonyl (C=O) groups excluding carboxylic acids is 3. The van der Waals surface area contributed by atoms with Gasteiger partial charge in [0.25, 0.3) is 0 Å².